The number of halogens is 1. The number of sulfonamides is 1. The summed E-state index contributed by atoms with van der Waals surface area (Å²) in [5.74, 6) is -0.238. The van der Waals surface area contributed by atoms with Crippen LogP contribution in [0.15, 0.2) is 45.8 Å². The Labute approximate surface area is 159 Å². The van der Waals surface area contributed by atoms with E-state index in [9.17, 15) is 13.2 Å². The fourth-order valence-corrected chi connectivity index (χ4v) is 4.02. The summed E-state index contributed by atoms with van der Waals surface area (Å²) in [4.78, 5) is 12.6. The van der Waals surface area contributed by atoms with Gasteiger partial charge in [-0.3, -0.25) is 4.79 Å². The lowest BCUT2D eigenvalue weighted by atomic mass is 10.3. The highest BCUT2D eigenvalue weighted by Gasteiger charge is 2.19. The molecular formula is C16H14ClN3O4S2. The van der Waals surface area contributed by atoms with Crippen LogP contribution in [0.4, 0.5) is 11.6 Å². The number of hydrogen-bond donors (Lipinski definition) is 2. The minimum atomic E-state index is -3.83. The Morgan fingerprint density at radius 3 is 2.38 bits per heavy atom. The van der Waals surface area contributed by atoms with Gasteiger partial charge in [0.05, 0.1) is 19.8 Å². The number of benzene rings is 1. The van der Waals surface area contributed by atoms with E-state index in [2.05, 4.69) is 15.2 Å². The molecule has 0 fully saturated rings. The van der Waals surface area contributed by atoms with Crippen molar-refractivity contribution in [2.24, 2.45) is 0 Å². The second-order valence-corrected chi connectivity index (χ2v) is 8.81. The highest BCUT2D eigenvalue weighted by Crippen LogP contribution is 2.24. The van der Waals surface area contributed by atoms with Crippen LogP contribution in [-0.4, -0.2) is 19.5 Å². The second kappa shape index (κ2) is 7.10. The Bertz CT molecular complexity index is 1060. The summed E-state index contributed by atoms with van der Waals surface area (Å²) in [5, 5.41) is 6.39. The normalized spacial score (nSPS) is 11.3. The van der Waals surface area contributed by atoms with E-state index in [1.807, 2.05) is 0 Å². The number of hydrogen-bond acceptors (Lipinski definition) is 6. The Kier molecular flexibility index (Phi) is 5.03. The van der Waals surface area contributed by atoms with Crippen molar-refractivity contribution in [3.63, 3.8) is 0 Å². The number of rotatable bonds is 5. The van der Waals surface area contributed by atoms with E-state index >= 15 is 0 Å². The molecule has 2 aromatic heterocycles. The number of nitrogens with zero attached hydrogens (tertiary/aromatic N) is 1. The molecule has 2 N–H and O–H groups in total. The molecule has 2 heterocycles. The highest BCUT2D eigenvalue weighted by molar-refractivity contribution is 7.92. The maximum Gasteiger partial charge on any atom is 0.265 e. The SMILES string of the molecule is Cc1noc(NS(=O)(=O)c2ccc(NC(=O)c3ccc(Cl)s3)cc2)c1C. The molecule has 1 amide bonds. The van der Waals surface area contributed by atoms with Crippen molar-refractivity contribution >= 4 is 50.4 Å². The van der Waals surface area contributed by atoms with Crippen LogP contribution < -0.4 is 10.0 Å². The van der Waals surface area contributed by atoms with E-state index in [0.29, 0.717) is 26.2 Å². The van der Waals surface area contributed by atoms with E-state index in [1.54, 1.807) is 26.0 Å². The zero-order valence-corrected chi connectivity index (χ0v) is 16.1. The zero-order valence-electron chi connectivity index (χ0n) is 13.7. The first kappa shape index (κ1) is 18.4. The maximum absolute atomic E-state index is 12.4. The quantitative estimate of drug-likeness (QED) is 0.659. The van der Waals surface area contributed by atoms with E-state index in [0.717, 1.165) is 11.3 Å². The monoisotopic (exact) mass is 411 g/mol. The Morgan fingerprint density at radius 1 is 1.15 bits per heavy atom. The molecule has 7 nitrogen and oxygen atoms in total. The topological polar surface area (TPSA) is 101 Å². The molecule has 0 saturated heterocycles. The first-order valence-electron chi connectivity index (χ1n) is 7.39. The molecule has 1 aromatic carbocycles. The van der Waals surface area contributed by atoms with Crippen molar-refractivity contribution in [3.05, 3.63) is 56.9 Å². The van der Waals surface area contributed by atoms with Gasteiger partial charge in [-0.25, -0.2) is 13.1 Å². The Balaban J connectivity index is 1.74. The van der Waals surface area contributed by atoms with Crippen LogP contribution in [0.25, 0.3) is 0 Å². The average molecular weight is 412 g/mol. The third-order valence-corrected chi connectivity index (χ3v) is 6.18. The van der Waals surface area contributed by atoms with E-state index in [-0.39, 0.29) is 16.7 Å². The minimum absolute atomic E-state index is 0.0307. The number of nitrogens with one attached hydrogen (secondary N) is 2. The van der Waals surface area contributed by atoms with Crippen molar-refractivity contribution in [1.82, 2.24) is 5.16 Å². The van der Waals surface area contributed by atoms with Gasteiger partial charge in [-0.2, -0.15) is 0 Å². The van der Waals surface area contributed by atoms with Crippen molar-refractivity contribution in [3.8, 4) is 0 Å². The van der Waals surface area contributed by atoms with Gasteiger partial charge in [-0.15, -0.1) is 11.3 Å². The number of aromatic nitrogens is 1. The van der Waals surface area contributed by atoms with Crippen LogP contribution in [-0.2, 0) is 10.0 Å². The van der Waals surface area contributed by atoms with Crippen LogP contribution in [0.3, 0.4) is 0 Å². The van der Waals surface area contributed by atoms with Gasteiger partial charge < -0.3 is 9.84 Å². The van der Waals surface area contributed by atoms with Crippen molar-refractivity contribution < 1.29 is 17.7 Å². The lowest BCUT2D eigenvalue weighted by Crippen LogP contribution is -2.14. The van der Waals surface area contributed by atoms with Crippen molar-refractivity contribution in [1.29, 1.82) is 0 Å². The number of thiophene rings is 1. The molecule has 0 aliphatic heterocycles. The zero-order chi connectivity index (χ0) is 18.9. The van der Waals surface area contributed by atoms with Crippen molar-refractivity contribution in [2.75, 3.05) is 10.0 Å². The predicted octanol–water partition coefficient (Wildman–Crippen LogP) is 4.06. The number of carbonyl (C=O) groups excluding carboxylic acids is 1. The van der Waals surface area contributed by atoms with Gasteiger partial charge in [0.1, 0.15) is 0 Å². The molecule has 26 heavy (non-hydrogen) atoms. The predicted molar refractivity (Wildman–Crippen MR) is 101 cm³/mol. The molecule has 0 radical (unpaired) electrons. The third kappa shape index (κ3) is 3.90. The minimum Gasteiger partial charge on any atom is -0.337 e. The summed E-state index contributed by atoms with van der Waals surface area (Å²) in [6.07, 6.45) is 0. The van der Waals surface area contributed by atoms with Crippen LogP contribution in [0, 0.1) is 13.8 Å². The first-order chi connectivity index (χ1) is 12.3. The highest BCUT2D eigenvalue weighted by atomic mass is 35.5. The van der Waals surface area contributed by atoms with Gasteiger partial charge in [0, 0.05) is 11.3 Å². The van der Waals surface area contributed by atoms with Gasteiger partial charge in [0.2, 0.25) is 5.88 Å². The molecule has 0 unspecified atom stereocenters. The summed E-state index contributed by atoms with van der Waals surface area (Å²) in [6, 6.07) is 9.03. The Hall–Kier alpha value is -2.36. The average Bonchev–Trinajstić information content (AvgIpc) is 3.16. The maximum atomic E-state index is 12.4. The number of anilines is 2. The van der Waals surface area contributed by atoms with Gasteiger partial charge in [-0.05, 0) is 50.2 Å². The molecule has 0 bridgehead atoms. The fourth-order valence-electron chi connectivity index (χ4n) is 2.04. The van der Waals surface area contributed by atoms with Gasteiger partial charge in [-0.1, -0.05) is 16.8 Å². The largest absolute Gasteiger partial charge is 0.337 e. The molecule has 10 heteroatoms. The molecular weight excluding hydrogens is 398 g/mol. The summed E-state index contributed by atoms with van der Waals surface area (Å²) in [6.45, 7) is 3.42. The third-order valence-electron chi connectivity index (χ3n) is 3.60. The number of carbonyl (C=O) groups is 1. The summed E-state index contributed by atoms with van der Waals surface area (Å²) >= 11 is 6.97. The molecule has 3 rings (SSSR count). The van der Waals surface area contributed by atoms with Crippen LogP contribution >= 0.6 is 22.9 Å². The lowest BCUT2D eigenvalue weighted by Gasteiger charge is -2.08. The van der Waals surface area contributed by atoms with Gasteiger partial charge in [0.15, 0.2) is 0 Å². The van der Waals surface area contributed by atoms with Crippen molar-refractivity contribution in [2.45, 2.75) is 18.7 Å². The summed E-state index contributed by atoms with van der Waals surface area (Å²) in [7, 11) is -3.83. The Morgan fingerprint density at radius 2 is 1.85 bits per heavy atom. The van der Waals surface area contributed by atoms with E-state index < -0.39 is 10.0 Å². The fraction of sp³-hybridized carbons (Fsp3) is 0.125. The van der Waals surface area contributed by atoms with Crippen LogP contribution in [0.2, 0.25) is 4.34 Å². The lowest BCUT2D eigenvalue weighted by molar-refractivity contribution is 0.103. The smallest absolute Gasteiger partial charge is 0.265 e. The molecule has 0 saturated carbocycles. The van der Waals surface area contributed by atoms with Gasteiger partial charge in [0.25, 0.3) is 15.9 Å². The standard InChI is InChI=1S/C16H14ClN3O4S2/c1-9-10(2)19-24-16(9)20-26(22,23)12-5-3-11(4-6-12)18-15(21)13-7-8-14(17)25-13/h3-8,20H,1-2H3,(H,18,21). The molecule has 0 atom stereocenters. The molecule has 0 aliphatic rings. The number of amides is 1. The van der Waals surface area contributed by atoms with Crippen LogP contribution in [0.5, 0.6) is 0 Å². The second-order valence-electron chi connectivity index (χ2n) is 5.41. The first-order valence-corrected chi connectivity index (χ1v) is 10.1. The number of aryl methyl sites for hydroxylation is 1. The molecule has 0 spiro atoms. The van der Waals surface area contributed by atoms with Gasteiger partial charge >= 0.3 is 0 Å². The molecule has 3 aromatic rings. The summed E-state index contributed by atoms with van der Waals surface area (Å²) in [5.41, 5.74) is 1.69. The summed E-state index contributed by atoms with van der Waals surface area (Å²) < 4.78 is 32.7. The molecule has 0 aliphatic carbocycles. The molecule has 136 valence electrons. The van der Waals surface area contributed by atoms with E-state index in [1.165, 1.54) is 24.3 Å². The van der Waals surface area contributed by atoms with Crippen LogP contribution in [0.1, 0.15) is 20.9 Å². The van der Waals surface area contributed by atoms with E-state index in [4.69, 9.17) is 16.1 Å².